The summed E-state index contributed by atoms with van der Waals surface area (Å²) in [5, 5.41) is 3.06. The summed E-state index contributed by atoms with van der Waals surface area (Å²) >= 11 is 0. The van der Waals surface area contributed by atoms with Crippen molar-refractivity contribution in [2.75, 3.05) is 13.6 Å². The van der Waals surface area contributed by atoms with Crippen molar-refractivity contribution in [2.24, 2.45) is 0 Å². The number of sulfonamides is 1. The van der Waals surface area contributed by atoms with E-state index < -0.39 is 21.6 Å². The lowest BCUT2D eigenvalue weighted by Gasteiger charge is -2.34. The number of nitrogens with one attached hydrogen (secondary N) is 1. The molecule has 0 fully saturated rings. The number of hydrogen-bond acceptors (Lipinski definition) is 4. The Morgan fingerprint density at radius 1 is 0.875 bits per heavy atom. The van der Waals surface area contributed by atoms with E-state index in [9.17, 15) is 18.0 Å². The largest absolute Gasteiger partial charge is 0.350 e. The van der Waals surface area contributed by atoms with Gasteiger partial charge in [-0.05, 0) is 57.4 Å². The Balaban J connectivity index is 1.85. The molecule has 40 heavy (non-hydrogen) atoms. The molecule has 0 aliphatic heterocycles. The minimum absolute atomic E-state index is 0.106. The fraction of sp³-hybridized carbons (Fsp3) is 0.375. The molecular formula is C32H41N3O4S. The molecule has 0 aliphatic rings. The Hall–Kier alpha value is -3.49. The number of amides is 2. The maximum Gasteiger partial charge on any atom is 0.243 e. The van der Waals surface area contributed by atoms with Crippen LogP contribution in [0.4, 0.5) is 0 Å². The first-order valence-corrected chi connectivity index (χ1v) is 15.0. The van der Waals surface area contributed by atoms with Crippen LogP contribution in [0.5, 0.6) is 0 Å². The molecule has 214 valence electrons. The van der Waals surface area contributed by atoms with Crippen molar-refractivity contribution in [3.05, 3.63) is 102 Å². The van der Waals surface area contributed by atoms with E-state index >= 15 is 0 Å². The van der Waals surface area contributed by atoms with Crippen molar-refractivity contribution >= 4 is 21.8 Å². The third kappa shape index (κ3) is 9.03. The van der Waals surface area contributed by atoms with E-state index in [2.05, 4.69) is 5.32 Å². The monoisotopic (exact) mass is 563 g/mol. The van der Waals surface area contributed by atoms with Crippen LogP contribution in [0.25, 0.3) is 0 Å². The molecule has 3 rings (SSSR count). The van der Waals surface area contributed by atoms with Crippen LogP contribution in [0.2, 0.25) is 0 Å². The van der Waals surface area contributed by atoms with Gasteiger partial charge < -0.3 is 10.2 Å². The zero-order valence-corrected chi connectivity index (χ0v) is 24.9. The lowest BCUT2D eigenvalue weighted by Crippen LogP contribution is -2.54. The number of benzene rings is 3. The summed E-state index contributed by atoms with van der Waals surface area (Å²) in [6.45, 7) is 8.19. The number of carbonyl (C=O) groups is 2. The van der Waals surface area contributed by atoms with Crippen molar-refractivity contribution in [1.82, 2.24) is 14.5 Å². The fourth-order valence-corrected chi connectivity index (χ4v) is 5.73. The Bertz CT molecular complexity index is 1370. The molecule has 0 bridgehead atoms. The molecule has 0 spiro atoms. The molecule has 0 radical (unpaired) electrons. The Morgan fingerprint density at radius 3 is 2.08 bits per heavy atom. The van der Waals surface area contributed by atoms with Crippen molar-refractivity contribution < 1.29 is 18.0 Å². The average Bonchev–Trinajstić information content (AvgIpc) is 2.90. The topological polar surface area (TPSA) is 86.8 Å². The van der Waals surface area contributed by atoms with Crippen molar-refractivity contribution in [2.45, 2.75) is 70.0 Å². The SMILES string of the molecule is Cc1cccc(CN(C(=O)CCCN(C)S(=O)(=O)c2ccccc2)[C@@H](Cc2ccccc2)C(=O)NC(C)(C)C)c1. The highest BCUT2D eigenvalue weighted by atomic mass is 32.2. The predicted octanol–water partition coefficient (Wildman–Crippen LogP) is 4.95. The number of rotatable bonds is 12. The molecule has 3 aromatic rings. The van der Waals surface area contributed by atoms with Gasteiger partial charge in [0.25, 0.3) is 0 Å². The Morgan fingerprint density at radius 2 is 1.48 bits per heavy atom. The standard InChI is InChI=1S/C32H41N3O4S/c1-25-14-12-17-27(22-25)24-35(29(31(37)33-32(2,3)4)23-26-15-8-6-9-16-26)30(36)20-13-21-34(5)40(38,39)28-18-10-7-11-19-28/h6-12,14-19,22,29H,13,20-21,23-24H2,1-5H3,(H,33,37)/t29-/m0/s1. The second-order valence-corrected chi connectivity index (χ2v) is 13.2. The molecule has 0 unspecified atom stereocenters. The molecule has 1 N–H and O–H groups in total. The number of hydrogen-bond donors (Lipinski definition) is 1. The third-order valence-electron chi connectivity index (χ3n) is 6.52. The second kappa shape index (κ2) is 13.7. The summed E-state index contributed by atoms with van der Waals surface area (Å²) in [4.78, 5) is 29.3. The molecule has 3 aromatic carbocycles. The maximum atomic E-state index is 13.8. The molecule has 0 aliphatic carbocycles. The smallest absolute Gasteiger partial charge is 0.243 e. The molecule has 0 saturated heterocycles. The highest BCUT2D eigenvalue weighted by Crippen LogP contribution is 2.19. The van der Waals surface area contributed by atoms with Gasteiger partial charge in [0.1, 0.15) is 6.04 Å². The molecule has 2 amide bonds. The summed E-state index contributed by atoms with van der Waals surface area (Å²) in [5.74, 6) is -0.418. The first kappa shape index (κ1) is 31.0. The van der Waals surface area contributed by atoms with Crippen LogP contribution < -0.4 is 5.32 Å². The van der Waals surface area contributed by atoms with Gasteiger partial charge >= 0.3 is 0 Å². The van der Waals surface area contributed by atoms with Crippen LogP contribution in [0, 0.1) is 6.92 Å². The summed E-state index contributed by atoms with van der Waals surface area (Å²) < 4.78 is 27.1. The van der Waals surface area contributed by atoms with Crippen LogP contribution in [-0.2, 0) is 32.6 Å². The van der Waals surface area contributed by atoms with E-state index in [0.29, 0.717) is 12.8 Å². The van der Waals surface area contributed by atoms with Gasteiger partial charge in [-0.1, -0.05) is 78.4 Å². The van der Waals surface area contributed by atoms with Gasteiger partial charge in [0, 0.05) is 38.5 Å². The van der Waals surface area contributed by atoms with Crippen LogP contribution >= 0.6 is 0 Å². The molecular weight excluding hydrogens is 522 g/mol. The van der Waals surface area contributed by atoms with Crippen LogP contribution in [-0.4, -0.2) is 54.6 Å². The Kier molecular flexibility index (Phi) is 10.7. The summed E-state index contributed by atoms with van der Waals surface area (Å²) in [7, 11) is -2.14. The van der Waals surface area contributed by atoms with Gasteiger partial charge in [-0.2, -0.15) is 0 Å². The van der Waals surface area contributed by atoms with E-state index in [-0.39, 0.29) is 36.2 Å². The summed E-state index contributed by atoms with van der Waals surface area (Å²) in [5.41, 5.74) is 2.47. The quantitative estimate of drug-likeness (QED) is 0.338. The van der Waals surface area contributed by atoms with E-state index in [4.69, 9.17) is 0 Å². The molecule has 8 heteroatoms. The zero-order valence-electron chi connectivity index (χ0n) is 24.1. The predicted molar refractivity (Wildman–Crippen MR) is 159 cm³/mol. The minimum atomic E-state index is -3.66. The normalized spacial score (nSPS) is 12.7. The van der Waals surface area contributed by atoms with Gasteiger partial charge in [-0.25, -0.2) is 12.7 Å². The number of carbonyl (C=O) groups excluding carboxylic acids is 2. The lowest BCUT2D eigenvalue weighted by atomic mass is 10.00. The molecule has 0 saturated carbocycles. The summed E-state index contributed by atoms with van der Waals surface area (Å²) in [6.07, 6.45) is 0.793. The van der Waals surface area contributed by atoms with Crippen molar-refractivity contribution in [3.63, 3.8) is 0 Å². The Labute approximate surface area is 239 Å². The van der Waals surface area contributed by atoms with E-state index in [1.54, 1.807) is 35.2 Å². The second-order valence-electron chi connectivity index (χ2n) is 11.2. The fourth-order valence-electron chi connectivity index (χ4n) is 4.50. The molecule has 7 nitrogen and oxygen atoms in total. The molecule has 1 atom stereocenters. The van der Waals surface area contributed by atoms with Gasteiger partial charge in [0.05, 0.1) is 4.90 Å². The van der Waals surface area contributed by atoms with E-state index in [1.807, 2.05) is 82.3 Å². The van der Waals surface area contributed by atoms with Crippen LogP contribution in [0.1, 0.15) is 50.3 Å². The third-order valence-corrected chi connectivity index (χ3v) is 8.39. The molecule has 0 aromatic heterocycles. The highest BCUT2D eigenvalue weighted by molar-refractivity contribution is 7.89. The highest BCUT2D eigenvalue weighted by Gasteiger charge is 2.32. The van der Waals surface area contributed by atoms with E-state index in [0.717, 1.165) is 16.7 Å². The van der Waals surface area contributed by atoms with Gasteiger partial charge in [-0.15, -0.1) is 0 Å². The zero-order chi connectivity index (χ0) is 29.3. The van der Waals surface area contributed by atoms with Gasteiger partial charge in [0.15, 0.2) is 0 Å². The number of aryl methyl sites for hydroxylation is 1. The minimum Gasteiger partial charge on any atom is -0.350 e. The number of nitrogens with zero attached hydrogens (tertiary/aromatic N) is 2. The maximum absolute atomic E-state index is 13.8. The van der Waals surface area contributed by atoms with Gasteiger partial charge in [-0.3, -0.25) is 9.59 Å². The van der Waals surface area contributed by atoms with Crippen molar-refractivity contribution in [1.29, 1.82) is 0 Å². The van der Waals surface area contributed by atoms with Crippen LogP contribution in [0.15, 0.2) is 89.8 Å². The van der Waals surface area contributed by atoms with Gasteiger partial charge in [0.2, 0.25) is 21.8 Å². The first-order chi connectivity index (χ1) is 18.9. The van der Waals surface area contributed by atoms with Crippen molar-refractivity contribution in [3.8, 4) is 0 Å². The average molecular weight is 564 g/mol. The van der Waals surface area contributed by atoms with Crippen LogP contribution in [0.3, 0.4) is 0 Å². The lowest BCUT2D eigenvalue weighted by molar-refractivity contribution is -0.142. The van der Waals surface area contributed by atoms with E-state index in [1.165, 1.54) is 11.4 Å². The summed E-state index contributed by atoms with van der Waals surface area (Å²) in [6, 6.07) is 25.1. The first-order valence-electron chi connectivity index (χ1n) is 13.6. The molecule has 0 heterocycles.